The Kier molecular flexibility index (Phi) is 6.60. The van der Waals surface area contributed by atoms with Crippen LogP contribution in [0.15, 0.2) is 59.5 Å². The summed E-state index contributed by atoms with van der Waals surface area (Å²) < 4.78 is 56.9. The van der Waals surface area contributed by atoms with Crippen LogP contribution in [0.1, 0.15) is 71.2 Å². The fourth-order valence-corrected chi connectivity index (χ4v) is 5.63. The number of aromatic nitrogens is 3. The molecule has 0 radical (unpaired) electrons. The molecule has 0 saturated heterocycles. The molecule has 1 fully saturated rings. The first-order valence-corrected chi connectivity index (χ1v) is 12.4. The summed E-state index contributed by atoms with van der Waals surface area (Å²) in [5.74, 6) is -0.195. The first-order valence-electron chi connectivity index (χ1n) is 12.4. The van der Waals surface area contributed by atoms with Gasteiger partial charge >= 0.3 is 6.18 Å². The van der Waals surface area contributed by atoms with E-state index in [4.69, 9.17) is 0 Å². The van der Waals surface area contributed by atoms with Crippen LogP contribution in [0.3, 0.4) is 0 Å². The van der Waals surface area contributed by atoms with Gasteiger partial charge in [0.1, 0.15) is 11.5 Å². The van der Waals surface area contributed by atoms with Crippen molar-refractivity contribution in [1.82, 2.24) is 14.5 Å². The Hall–Kier alpha value is -3.55. The second kappa shape index (κ2) is 9.72. The van der Waals surface area contributed by atoms with E-state index in [0.717, 1.165) is 30.0 Å². The molecule has 3 heterocycles. The van der Waals surface area contributed by atoms with Crippen LogP contribution in [0, 0.1) is 19.7 Å². The van der Waals surface area contributed by atoms with Gasteiger partial charge in [0, 0.05) is 22.8 Å². The normalized spacial score (nSPS) is 18.3. The molecule has 192 valence electrons. The maximum atomic E-state index is 14.6. The number of aryl methyl sites for hydroxylation is 2. The lowest BCUT2D eigenvalue weighted by Gasteiger charge is -2.30. The van der Waals surface area contributed by atoms with E-state index in [-0.39, 0.29) is 35.5 Å². The van der Waals surface area contributed by atoms with Gasteiger partial charge in [0.2, 0.25) is 0 Å². The van der Waals surface area contributed by atoms with E-state index in [1.54, 1.807) is 13.0 Å². The molecule has 0 bridgehead atoms. The van der Waals surface area contributed by atoms with Crippen molar-refractivity contribution in [2.75, 3.05) is 0 Å². The zero-order valence-corrected chi connectivity index (χ0v) is 20.6. The topological polar surface area (TPSA) is 47.8 Å². The summed E-state index contributed by atoms with van der Waals surface area (Å²) in [6.07, 6.45) is -0.450. The van der Waals surface area contributed by atoms with Gasteiger partial charge in [0.15, 0.2) is 0 Å². The van der Waals surface area contributed by atoms with Gasteiger partial charge in [-0.25, -0.2) is 9.37 Å². The van der Waals surface area contributed by atoms with Crippen LogP contribution < -0.4 is 5.56 Å². The summed E-state index contributed by atoms with van der Waals surface area (Å²) in [7, 11) is 0. The summed E-state index contributed by atoms with van der Waals surface area (Å²) in [4.78, 5) is 22.2. The first-order chi connectivity index (χ1) is 17.6. The highest BCUT2D eigenvalue weighted by atomic mass is 19.4. The highest BCUT2D eigenvalue weighted by Crippen LogP contribution is 2.42. The lowest BCUT2D eigenvalue weighted by molar-refractivity contribution is -0.138. The lowest BCUT2D eigenvalue weighted by atomic mass is 9.75. The number of pyridine rings is 3. The number of benzene rings is 1. The minimum absolute atomic E-state index is 0.0707. The van der Waals surface area contributed by atoms with E-state index in [1.165, 1.54) is 22.9 Å². The molecule has 0 unspecified atom stereocenters. The van der Waals surface area contributed by atoms with Crippen LogP contribution in [-0.2, 0) is 12.7 Å². The Morgan fingerprint density at radius 3 is 2.41 bits per heavy atom. The standard InChI is InChI=1S/C29H27F4N3O/c1-17-5-3-7-24(30)26(17)20-12-10-19(11-13-20)22-15-21-9-8-18(2)35-27(21)36(28(22)37)16-25-23(29(31,32)33)6-4-14-34-25/h3-9,14-15,19-20H,10-13,16H2,1-2H3. The van der Waals surface area contributed by atoms with E-state index in [9.17, 15) is 22.4 Å². The lowest BCUT2D eigenvalue weighted by Crippen LogP contribution is -2.29. The van der Waals surface area contributed by atoms with E-state index in [2.05, 4.69) is 9.97 Å². The summed E-state index contributed by atoms with van der Waals surface area (Å²) in [5, 5.41) is 0.691. The number of halogens is 4. The van der Waals surface area contributed by atoms with Gasteiger partial charge in [0.25, 0.3) is 5.56 Å². The number of hydrogen-bond donors (Lipinski definition) is 0. The highest BCUT2D eigenvalue weighted by Gasteiger charge is 2.34. The van der Waals surface area contributed by atoms with Crippen LogP contribution >= 0.6 is 0 Å². The molecule has 0 N–H and O–H groups in total. The van der Waals surface area contributed by atoms with E-state index in [0.29, 0.717) is 35.1 Å². The first kappa shape index (κ1) is 25.1. The predicted octanol–water partition coefficient (Wildman–Crippen LogP) is 7.06. The van der Waals surface area contributed by atoms with Crippen LogP contribution in [0.2, 0.25) is 0 Å². The summed E-state index contributed by atoms with van der Waals surface area (Å²) in [6, 6.07) is 12.8. The predicted molar refractivity (Wildman–Crippen MR) is 134 cm³/mol. The van der Waals surface area contributed by atoms with Crippen molar-refractivity contribution in [3.8, 4) is 0 Å². The van der Waals surface area contributed by atoms with Crippen molar-refractivity contribution < 1.29 is 17.6 Å². The number of alkyl halides is 3. The Bertz CT molecular complexity index is 1500. The van der Waals surface area contributed by atoms with Gasteiger partial charge in [-0.1, -0.05) is 12.1 Å². The minimum atomic E-state index is -4.59. The zero-order valence-electron chi connectivity index (χ0n) is 20.6. The molecule has 1 aliphatic rings. The van der Waals surface area contributed by atoms with Crippen molar-refractivity contribution in [3.05, 3.63) is 105 Å². The quantitative estimate of drug-likeness (QED) is 0.277. The van der Waals surface area contributed by atoms with E-state index in [1.807, 2.05) is 31.2 Å². The van der Waals surface area contributed by atoms with Crippen LogP contribution in [0.25, 0.3) is 11.0 Å². The molecule has 1 saturated carbocycles. The minimum Gasteiger partial charge on any atom is -0.286 e. The largest absolute Gasteiger partial charge is 0.418 e. The summed E-state index contributed by atoms with van der Waals surface area (Å²) >= 11 is 0. The van der Waals surface area contributed by atoms with Crippen molar-refractivity contribution >= 4 is 11.0 Å². The van der Waals surface area contributed by atoms with Gasteiger partial charge in [-0.2, -0.15) is 13.2 Å². The molecule has 3 aromatic heterocycles. The molecule has 0 aliphatic heterocycles. The fourth-order valence-electron chi connectivity index (χ4n) is 5.63. The molecule has 8 heteroatoms. The second-order valence-corrected chi connectivity index (χ2v) is 9.87. The SMILES string of the molecule is Cc1ccc2cc(C3CCC(c4c(C)cccc4F)CC3)c(=O)n(Cc3ncccc3C(F)(F)F)c2n1. The summed E-state index contributed by atoms with van der Waals surface area (Å²) in [5.41, 5.74) is 1.78. The Morgan fingerprint density at radius 1 is 0.973 bits per heavy atom. The Balaban J connectivity index is 1.53. The molecule has 0 amide bonds. The number of fused-ring (bicyclic) bond motifs is 1. The number of nitrogens with zero attached hydrogens (tertiary/aromatic N) is 3. The Labute approximate surface area is 212 Å². The molecule has 4 aromatic rings. The number of hydrogen-bond acceptors (Lipinski definition) is 3. The Morgan fingerprint density at radius 2 is 1.70 bits per heavy atom. The van der Waals surface area contributed by atoms with Gasteiger partial charge < -0.3 is 0 Å². The van der Waals surface area contributed by atoms with Crippen LogP contribution in [-0.4, -0.2) is 14.5 Å². The summed E-state index contributed by atoms with van der Waals surface area (Å²) in [6.45, 7) is 3.35. The van der Waals surface area contributed by atoms with Crippen LogP contribution in [0.4, 0.5) is 17.6 Å². The highest BCUT2D eigenvalue weighted by molar-refractivity contribution is 5.76. The average Bonchev–Trinajstić information content (AvgIpc) is 2.86. The molecule has 0 atom stereocenters. The zero-order chi connectivity index (χ0) is 26.3. The molecule has 37 heavy (non-hydrogen) atoms. The molecule has 1 aliphatic carbocycles. The molecule has 5 rings (SSSR count). The maximum absolute atomic E-state index is 14.6. The van der Waals surface area contributed by atoms with Gasteiger partial charge in [-0.15, -0.1) is 0 Å². The molecule has 4 nitrogen and oxygen atoms in total. The van der Waals surface area contributed by atoms with Crippen molar-refractivity contribution in [2.24, 2.45) is 0 Å². The third-order valence-electron chi connectivity index (χ3n) is 7.45. The fraction of sp³-hybridized carbons (Fsp3) is 0.345. The molecular formula is C29H27F4N3O. The van der Waals surface area contributed by atoms with Gasteiger partial charge in [-0.05, 0) is 98.9 Å². The van der Waals surface area contributed by atoms with E-state index >= 15 is 0 Å². The van der Waals surface area contributed by atoms with Gasteiger partial charge in [-0.3, -0.25) is 14.3 Å². The van der Waals surface area contributed by atoms with Crippen molar-refractivity contribution in [2.45, 2.75) is 64.1 Å². The van der Waals surface area contributed by atoms with Crippen molar-refractivity contribution in [3.63, 3.8) is 0 Å². The smallest absolute Gasteiger partial charge is 0.286 e. The van der Waals surface area contributed by atoms with Crippen molar-refractivity contribution in [1.29, 1.82) is 0 Å². The number of rotatable bonds is 4. The second-order valence-electron chi connectivity index (χ2n) is 9.87. The molecule has 1 aromatic carbocycles. The van der Waals surface area contributed by atoms with Gasteiger partial charge in [0.05, 0.1) is 17.8 Å². The van der Waals surface area contributed by atoms with E-state index < -0.39 is 11.7 Å². The third-order valence-corrected chi connectivity index (χ3v) is 7.45. The molecular weight excluding hydrogens is 482 g/mol. The average molecular weight is 510 g/mol. The monoisotopic (exact) mass is 509 g/mol. The van der Waals surface area contributed by atoms with Crippen LogP contribution in [0.5, 0.6) is 0 Å². The maximum Gasteiger partial charge on any atom is 0.418 e. The third kappa shape index (κ3) is 4.89. The molecule has 0 spiro atoms.